The van der Waals surface area contributed by atoms with Crippen molar-refractivity contribution in [3.63, 3.8) is 0 Å². The molecule has 2 amide bonds. The third-order valence-corrected chi connectivity index (χ3v) is 4.75. The fraction of sp³-hybridized carbons (Fsp3) is 0.571. The Kier molecular flexibility index (Phi) is 3.67. The van der Waals surface area contributed by atoms with E-state index in [1.807, 2.05) is 30.7 Å². The SMILES string of the molecule is CCC1(C)NC(=O)C(C)N(C(C)c2ccsc2)C1=O. The van der Waals surface area contributed by atoms with Crippen LogP contribution in [0.4, 0.5) is 0 Å². The fourth-order valence-electron chi connectivity index (χ4n) is 2.44. The van der Waals surface area contributed by atoms with E-state index in [1.54, 1.807) is 30.1 Å². The van der Waals surface area contributed by atoms with E-state index in [0.717, 1.165) is 5.56 Å². The summed E-state index contributed by atoms with van der Waals surface area (Å²) in [6, 6.07) is 1.50. The van der Waals surface area contributed by atoms with Crippen molar-refractivity contribution < 1.29 is 9.59 Å². The Balaban J connectivity index is 2.36. The number of amides is 2. The molecule has 1 fully saturated rings. The summed E-state index contributed by atoms with van der Waals surface area (Å²) in [7, 11) is 0. The summed E-state index contributed by atoms with van der Waals surface area (Å²) in [6.45, 7) is 7.48. The van der Waals surface area contributed by atoms with Gasteiger partial charge in [0.2, 0.25) is 11.8 Å². The molecule has 0 saturated carbocycles. The molecule has 0 aliphatic carbocycles. The minimum Gasteiger partial charge on any atom is -0.340 e. The molecule has 5 heteroatoms. The van der Waals surface area contributed by atoms with Gasteiger partial charge in [0.05, 0.1) is 6.04 Å². The minimum atomic E-state index is -0.784. The minimum absolute atomic E-state index is 0.000741. The lowest BCUT2D eigenvalue weighted by atomic mass is 9.90. The van der Waals surface area contributed by atoms with E-state index in [4.69, 9.17) is 0 Å². The van der Waals surface area contributed by atoms with E-state index in [2.05, 4.69) is 5.32 Å². The number of thiophene rings is 1. The number of nitrogens with zero attached hydrogens (tertiary/aromatic N) is 1. The molecule has 2 rings (SSSR count). The van der Waals surface area contributed by atoms with Crippen molar-refractivity contribution >= 4 is 23.2 Å². The van der Waals surface area contributed by atoms with E-state index in [-0.39, 0.29) is 17.9 Å². The summed E-state index contributed by atoms with van der Waals surface area (Å²) in [4.78, 5) is 26.5. The van der Waals surface area contributed by atoms with Crippen LogP contribution in [-0.2, 0) is 9.59 Å². The highest BCUT2D eigenvalue weighted by molar-refractivity contribution is 7.07. The van der Waals surface area contributed by atoms with Crippen molar-refractivity contribution in [2.45, 2.75) is 51.7 Å². The number of carbonyl (C=O) groups is 2. The van der Waals surface area contributed by atoms with Gasteiger partial charge in [0, 0.05) is 0 Å². The number of carbonyl (C=O) groups excluding carboxylic acids is 2. The average Bonchev–Trinajstić information content (AvgIpc) is 2.90. The van der Waals surface area contributed by atoms with Crippen molar-refractivity contribution in [2.75, 3.05) is 0 Å². The van der Waals surface area contributed by atoms with Gasteiger partial charge in [-0.05, 0) is 49.6 Å². The molecule has 1 aromatic heterocycles. The molecule has 0 bridgehead atoms. The van der Waals surface area contributed by atoms with Crippen molar-refractivity contribution in [1.82, 2.24) is 10.2 Å². The Morgan fingerprint density at radius 2 is 2.21 bits per heavy atom. The molecule has 19 heavy (non-hydrogen) atoms. The number of piperazine rings is 1. The molecular weight excluding hydrogens is 260 g/mol. The first-order chi connectivity index (χ1) is 8.90. The maximum Gasteiger partial charge on any atom is 0.249 e. The lowest BCUT2D eigenvalue weighted by Gasteiger charge is -2.45. The fourth-order valence-corrected chi connectivity index (χ4v) is 3.19. The normalized spacial score (nSPS) is 29.3. The molecule has 1 saturated heterocycles. The number of rotatable bonds is 3. The molecule has 4 nitrogen and oxygen atoms in total. The van der Waals surface area contributed by atoms with E-state index in [1.165, 1.54) is 0 Å². The number of hydrogen-bond acceptors (Lipinski definition) is 3. The zero-order valence-electron chi connectivity index (χ0n) is 11.8. The predicted octanol–water partition coefficient (Wildman–Crippen LogP) is 2.32. The zero-order valence-corrected chi connectivity index (χ0v) is 12.6. The van der Waals surface area contributed by atoms with Crippen LogP contribution in [0.1, 0.15) is 45.7 Å². The lowest BCUT2D eigenvalue weighted by Crippen LogP contribution is -2.68. The second-order valence-corrected chi connectivity index (χ2v) is 6.08. The highest BCUT2D eigenvalue weighted by Crippen LogP contribution is 2.31. The average molecular weight is 280 g/mol. The van der Waals surface area contributed by atoms with Crippen molar-refractivity contribution in [2.24, 2.45) is 0 Å². The highest BCUT2D eigenvalue weighted by atomic mass is 32.1. The van der Waals surface area contributed by atoms with Gasteiger partial charge in [-0.1, -0.05) is 6.92 Å². The molecule has 104 valence electrons. The Bertz CT molecular complexity index is 486. The Hall–Kier alpha value is -1.36. The van der Waals surface area contributed by atoms with Crippen LogP contribution in [0, 0.1) is 0 Å². The van der Waals surface area contributed by atoms with Gasteiger partial charge < -0.3 is 10.2 Å². The second-order valence-electron chi connectivity index (χ2n) is 5.30. The summed E-state index contributed by atoms with van der Waals surface area (Å²) < 4.78 is 0. The summed E-state index contributed by atoms with van der Waals surface area (Å²) in [5.74, 6) is -0.0770. The van der Waals surface area contributed by atoms with Gasteiger partial charge >= 0.3 is 0 Å². The lowest BCUT2D eigenvalue weighted by molar-refractivity contribution is -0.156. The van der Waals surface area contributed by atoms with Crippen molar-refractivity contribution in [1.29, 1.82) is 0 Å². The molecule has 1 aliphatic rings. The van der Waals surface area contributed by atoms with Crippen LogP contribution < -0.4 is 5.32 Å². The maximum atomic E-state index is 12.7. The summed E-state index contributed by atoms with van der Waals surface area (Å²) in [5.41, 5.74) is 0.298. The molecule has 1 aromatic rings. The second kappa shape index (κ2) is 4.96. The van der Waals surface area contributed by atoms with Crippen LogP contribution in [0.15, 0.2) is 16.8 Å². The topological polar surface area (TPSA) is 49.4 Å². The maximum absolute atomic E-state index is 12.7. The molecule has 1 N–H and O–H groups in total. The van der Waals surface area contributed by atoms with Crippen LogP contribution in [-0.4, -0.2) is 28.3 Å². The largest absolute Gasteiger partial charge is 0.340 e. The monoisotopic (exact) mass is 280 g/mol. The molecule has 0 spiro atoms. The first-order valence-corrected chi connectivity index (χ1v) is 7.52. The Morgan fingerprint density at radius 3 is 2.74 bits per heavy atom. The molecular formula is C14H20N2O2S. The summed E-state index contributed by atoms with van der Waals surface area (Å²) >= 11 is 1.60. The third-order valence-electron chi connectivity index (χ3n) is 4.05. The first kappa shape index (κ1) is 14.1. The van der Waals surface area contributed by atoms with Crippen LogP contribution in [0.2, 0.25) is 0 Å². The predicted molar refractivity (Wildman–Crippen MR) is 75.9 cm³/mol. The van der Waals surface area contributed by atoms with Gasteiger partial charge in [-0.15, -0.1) is 0 Å². The van der Waals surface area contributed by atoms with E-state index >= 15 is 0 Å². The van der Waals surface area contributed by atoms with Gasteiger partial charge in [-0.3, -0.25) is 9.59 Å². The molecule has 3 unspecified atom stereocenters. The quantitative estimate of drug-likeness (QED) is 0.923. The van der Waals surface area contributed by atoms with Crippen LogP contribution in [0.5, 0.6) is 0 Å². The van der Waals surface area contributed by atoms with Gasteiger partial charge in [-0.2, -0.15) is 11.3 Å². The number of nitrogens with one attached hydrogen (secondary N) is 1. The van der Waals surface area contributed by atoms with Crippen molar-refractivity contribution in [3.8, 4) is 0 Å². The standard InChI is InChI=1S/C14H20N2O2S/c1-5-14(4)13(18)16(10(3)12(17)15-14)9(2)11-6-7-19-8-11/h6-10H,5H2,1-4H3,(H,15,17). The van der Waals surface area contributed by atoms with Crippen LogP contribution in [0.25, 0.3) is 0 Å². The van der Waals surface area contributed by atoms with Crippen molar-refractivity contribution in [3.05, 3.63) is 22.4 Å². The first-order valence-electron chi connectivity index (χ1n) is 6.57. The van der Waals surface area contributed by atoms with Crippen LogP contribution >= 0.6 is 11.3 Å². The smallest absolute Gasteiger partial charge is 0.249 e. The summed E-state index contributed by atoms with van der Waals surface area (Å²) in [6.07, 6.45) is 0.594. The molecule has 1 aliphatic heterocycles. The van der Waals surface area contributed by atoms with E-state index < -0.39 is 11.6 Å². The highest BCUT2D eigenvalue weighted by Gasteiger charge is 2.47. The Morgan fingerprint density at radius 1 is 1.53 bits per heavy atom. The Labute approximate surface area is 117 Å². The number of hydrogen-bond donors (Lipinski definition) is 1. The van der Waals surface area contributed by atoms with Gasteiger partial charge in [0.1, 0.15) is 11.6 Å². The molecule has 3 atom stereocenters. The third kappa shape index (κ3) is 2.27. The van der Waals surface area contributed by atoms with Gasteiger partial charge in [0.15, 0.2) is 0 Å². The van der Waals surface area contributed by atoms with E-state index in [0.29, 0.717) is 6.42 Å². The zero-order chi connectivity index (χ0) is 14.2. The summed E-state index contributed by atoms with van der Waals surface area (Å²) in [5, 5.41) is 6.86. The van der Waals surface area contributed by atoms with Crippen LogP contribution in [0.3, 0.4) is 0 Å². The molecule has 2 heterocycles. The van der Waals surface area contributed by atoms with Gasteiger partial charge in [0.25, 0.3) is 0 Å². The molecule has 0 radical (unpaired) electrons. The van der Waals surface area contributed by atoms with E-state index in [9.17, 15) is 9.59 Å². The molecule has 0 aromatic carbocycles. The van der Waals surface area contributed by atoms with Gasteiger partial charge in [-0.25, -0.2) is 0 Å².